The molecular weight excluding hydrogens is 350 g/mol. The van der Waals surface area contributed by atoms with Crippen LogP contribution in [0.4, 0.5) is 5.82 Å². The third-order valence-corrected chi connectivity index (χ3v) is 4.95. The molecule has 3 rings (SSSR count). The van der Waals surface area contributed by atoms with Crippen molar-refractivity contribution in [1.82, 2.24) is 9.55 Å². The van der Waals surface area contributed by atoms with E-state index < -0.39 is 0 Å². The van der Waals surface area contributed by atoms with E-state index in [4.69, 9.17) is 22.3 Å². The van der Waals surface area contributed by atoms with Crippen LogP contribution in [0.3, 0.4) is 0 Å². The fourth-order valence-electron chi connectivity index (χ4n) is 2.55. The lowest BCUT2D eigenvalue weighted by atomic mass is 10.1. The van der Waals surface area contributed by atoms with Gasteiger partial charge in [-0.25, -0.2) is 4.98 Å². The number of anilines is 1. The van der Waals surface area contributed by atoms with E-state index in [2.05, 4.69) is 34.3 Å². The molecule has 0 saturated heterocycles. The molecule has 0 spiro atoms. The first kappa shape index (κ1) is 14.9. The molecule has 0 radical (unpaired) electrons. The fraction of sp³-hybridized carbons (Fsp3) is 0.438. The van der Waals surface area contributed by atoms with Crippen molar-refractivity contribution >= 4 is 33.3 Å². The van der Waals surface area contributed by atoms with Crippen molar-refractivity contribution in [3.8, 4) is 11.3 Å². The van der Waals surface area contributed by atoms with Crippen LogP contribution in [0.25, 0.3) is 11.3 Å². The van der Waals surface area contributed by atoms with E-state index in [1.54, 1.807) is 0 Å². The number of nitrogen functional groups attached to an aromatic ring is 1. The molecule has 1 saturated carbocycles. The molecule has 1 aliphatic rings. The van der Waals surface area contributed by atoms with Gasteiger partial charge in [0, 0.05) is 22.5 Å². The lowest BCUT2D eigenvalue weighted by molar-refractivity contribution is 0.512. The molecule has 0 aliphatic heterocycles. The predicted octanol–water partition coefficient (Wildman–Crippen LogP) is 5.08. The molecule has 2 aromatic rings. The molecule has 1 aromatic heterocycles. The Bertz CT molecular complexity index is 674. The molecule has 1 fully saturated rings. The van der Waals surface area contributed by atoms with Crippen molar-refractivity contribution in [2.24, 2.45) is 5.92 Å². The molecule has 0 atom stereocenters. The Morgan fingerprint density at radius 3 is 2.71 bits per heavy atom. The maximum Gasteiger partial charge on any atom is 0.131 e. The van der Waals surface area contributed by atoms with Crippen LogP contribution in [0.5, 0.6) is 0 Å². The van der Waals surface area contributed by atoms with Gasteiger partial charge < -0.3 is 10.3 Å². The number of nitrogens with zero attached hydrogens (tertiary/aromatic N) is 2. The molecule has 2 N–H and O–H groups in total. The first-order valence-electron chi connectivity index (χ1n) is 7.28. The Labute approximate surface area is 138 Å². The minimum absolute atomic E-state index is 0.542. The fourth-order valence-corrected chi connectivity index (χ4v) is 2.98. The summed E-state index contributed by atoms with van der Waals surface area (Å²) in [5.41, 5.74) is 8.21. The van der Waals surface area contributed by atoms with Gasteiger partial charge in [-0.3, -0.25) is 0 Å². The van der Waals surface area contributed by atoms with E-state index in [0.717, 1.165) is 33.9 Å². The quantitative estimate of drug-likeness (QED) is 0.817. The zero-order chi connectivity index (χ0) is 15.1. The van der Waals surface area contributed by atoms with E-state index in [-0.39, 0.29) is 0 Å². The number of nitrogens with two attached hydrogens (primary N) is 1. The van der Waals surface area contributed by atoms with E-state index in [1.165, 1.54) is 12.8 Å². The largest absolute Gasteiger partial charge is 0.383 e. The highest BCUT2D eigenvalue weighted by molar-refractivity contribution is 9.10. The highest BCUT2D eigenvalue weighted by Crippen LogP contribution is 2.43. The van der Waals surface area contributed by atoms with E-state index >= 15 is 0 Å². The van der Waals surface area contributed by atoms with Gasteiger partial charge in [0.25, 0.3) is 0 Å². The summed E-state index contributed by atoms with van der Waals surface area (Å²) >= 11 is 9.62. The maximum absolute atomic E-state index is 6.38. The zero-order valence-corrected chi connectivity index (χ0v) is 14.6. The SMILES string of the molecule is CC(C)Cn1c(C2CC2)nc(-c2ccc(Br)c(Cl)c2)c1N. The Balaban J connectivity index is 2.07. The van der Waals surface area contributed by atoms with Gasteiger partial charge in [0.1, 0.15) is 17.3 Å². The first-order valence-corrected chi connectivity index (χ1v) is 8.45. The van der Waals surface area contributed by atoms with Gasteiger partial charge in [-0.2, -0.15) is 0 Å². The molecular formula is C16H19BrClN3. The van der Waals surface area contributed by atoms with Crippen molar-refractivity contribution in [1.29, 1.82) is 0 Å². The van der Waals surface area contributed by atoms with Crippen molar-refractivity contribution in [2.45, 2.75) is 39.2 Å². The summed E-state index contributed by atoms with van der Waals surface area (Å²) in [6.07, 6.45) is 2.43. The van der Waals surface area contributed by atoms with Gasteiger partial charge >= 0.3 is 0 Å². The van der Waals surface area contributed by atoms with E-state index in [0.29, 0.717) is 16.9 Å². The van der Waals surface area contributed by atoms with Gasteiger partial charge in [-0.15, -0.1) is 0 Å². The minimum atomic E-state index is 0.542. The Hall–Kier alpha value is -1.00. The Morgan fingerprint density at radius 2 is 2.14 bits per heavy atom. The molecule has 1 aromatic carbocycles. The first-order chi connectivity index (χ1) is 9.97. The number of halogens is 2. The third-order valence-electron chi connectivity index (χ3n) is 3.72. The van der Waals surface area contributed by atoms with Crippen molar-refractivity contribution in [3.05, 3.63) is 33.5 Å². The van der Waals surface area contributed by atoms with Crippen molar-refractivity contribution in [3.63, 3.8) is 0 Å². The minimum Gasteiger partial charge on any atom is -0.383 e. The van der Waals surface area contributed by atoms with Gasteiger partial charge in [0.2, 0.25) is 0 Å². The van der Waals surface area contributed by atoms with E-state index in [9.17, 15) is 0 Å². The number of aromatic nitrogens is 2. The normalized spacial score (nSPS) is 14.9. The molecule has 5 heteroatoms. The second-order valence-corrected chi connectivity index (χ2v) is 7.37. The van der Waals surface area contributed by atoms with Gasteiger partial charge in [-0.1, -0.05) is 31.5 Å². The monoisotopic (exact) mass is 367 g/mol. The highest BCUT2D eigenvalue weighted by atomic mass is 79.9. The summed E-state index contributed by atoms with van der Waals surface area (Å²) in [4.78, 5) is 4.83. The Kier molecular flexibility index (Phi) is 4.02. The lowest BCUT2D eigenvalue weighted by Gasteiger charge is -2.12. The standard InChI is InChI=1S/C16H19BrClN3/c1-9(2)8-21-15(19)14(20-16(21)10-3-4-10)11-5-6-12(17)13(18)7-11/h5-7,9-10H,3-4,8,19H2,1-2H3. The number of hydrogen-bond acceptors (Lipinski definition) is 2. The van der Waals surface area contributed by atoms with Crippen LogP contribution in [0.1, 0.15) is 38.4 Å². The van der Waals surface area contributed by atoms with Crippen LogP contribution in [0.2, 0.25) is 5.02 Å². The molecule has 112 valence electrons. The van der Waals surface area contributed by atoms with Crippen LogP contribution in [-0.2, 0) is 6.54 Å². The number of benzene rings is 1. The second kappa shape index (κ2) is 5.65. The molecule has 3 nitrogen and oxygen atoms in total. The molecule has 1 aliphatic carbocycles. The summed E-state index contributed by atoms with van der Waals surface area (Å²) in [6, 6.07) is 5.86. The molecule has 0 bridgehead atoms. The summed E-state index contributed by atoms with van der Waals surface area (Å²) in [6.45, 7) is 5.31. The molecule has 0 amide bonds. The van der Waals surface area contributed by atoms with Crippen LogP contribution >= 0.6 is 27.5 Å². The lowest BCUT2D eigenvalue weighted by Crippen LogP contribution is -2.10. The van der Waals surface area contributed by atoms with Gasteiger partial charge in [-0.05, 0) is 46.8 Å². The number of rotatable bonds is 4. The van der Waals surface area contributed by atoms with Crippen LogP contribution in [-0.4, -0.2) is 9.55 Å². The van der Waals surface area contributed by atoms with Crippen LogP contribution < -0.4 is 5.73 Å². The van der Waals surface area contributed by atoms with Crippen LogP contribution in [0.15, 0.2) is 22.7 Å². The summed E-state index contributed by atoms with van der Waals surface area (Å²) < 4.78 is 3.07. The predicted molar refractivity (Wildman–Crippen MR) is 91.6 cm³/mol. The van der Waals surface area contributed by atoms with E-state index in [1.807, 2.05) is 18.2 Å². The maximum atomic E-state index is 6.38. The van der Waals surface area contributed by atoms with Crippen molar-refractivity contribution < 1.29 is 0 Å². The van der Waals surface area contributed by atoms with Crippen LogP contribution in [0, 0.1) is 5.92 Å². The average Bonchev–Trinajstić information content (AvgIpc) is 3.21. The third kappa shape index (κ3) is 2.97. The topological polar surface area (TPSA) is 43.8 Å². The second-order valence-electron chi connectivity index (χ2n) is 6.11. The summed E-state index contributed by atoms with van der Waals surface area (Å²) in [5.74, 6) is 3.00. The van der Waals surface area contributed by atoms with Gasteiger partial charge in [0.15, 0.2) is 0 Å². The molecule has 1 heterocycles. The molecule has 21 heavy (non-hydrogen) atoms. The zero-order valence-electron chi connectivity index (χ0n) is 12.2. The summed E-state index contributed by atoms with van der Waals surface area (Å²) in [7, 11) is 0. The highest BCUT2D eigenvalue weighted by Gasteiger charge is 2.31. The number of imidazole rings is 1. The van der Waals surface area contributed by atoms with Crippen molar-refractivity contribution in [2.75, 3.05) is 5.73 Å². The average molecular weight is 369 g/mol. The Morgan fingerprint density at radius 1 is 1.43 bits per heavy atom. The number of hydrogen-bond donors (Lipinski definition) is 1. The smallest absolute Gasteiger partial charge is 0.131 e. The summed E-state index contributed by atoms with van der Waals surface area (Å²) in [5, 5.41) is 0.679. The van der Waals surface area contributed by atoms with Gasteiger partial charge in [0.05, 0.1) is 5.02 Å². The molecule has 0 unspecified atom stereocenters.